The molecule has 4 aromatic rings. The second-order valence-corrected chi connectivity index (χ2v) is 7.84. The second-order valence-electron chi connectivity index (χ2n) is 7.47. The van der Waals surface area contributed by atoms with Gasteiger partial charge in [0.25, 0.3) is 0 Å². The molecule has 0 heterocycles. The molecular formula is C28H17ClO8. The molecule has 4 aromatic carbocycles. The molecule has 0 aliphatic heterocycles. The van der Waals surface area contributed by atoms with Gasteiger partial charge in [-0.15, -0.1) is 0 Å². The molecule has 37 heavy (non-hydrogen) atoms. The topological polar surface area (TPSA) is 116 Å². The van der Waals surface area contributed by atoms with Gasteiger partial charge in [-0.05, 0) is 36.4 Å². The lowest BCUT2D eigenvalue weighted by molar-refractivity contribution is 0.0649. The van der Waals surface area contributed by atoms with E-state index in [1.54, 1.807) is 54.6 Å². The minimum atomic E-state index is -1.50. The minimum Gasteiger partial charge on any atom is -0.478 e. The fraction of sp³-hybridized carbons (Fsp3) is 0. The number of carbonyl (C=O) groups excluding carboxylic acids is 3. The van der Waals surface area contributed by atoms with Crippen LogP contribution in [0.2, 0.25) is 5.02 Å². The monoisotopic (exact) mass is 516 g/mol. The van der Waals surface area contributed by atoms with E-state index in [0.717, 1.165) is 6.07 Å². The number of ether oxygens (including phenoxy) is 3. The summed E-state index contributed by atoms with van der Waals surface area (Å²) < 4.78 is 16.3. The maximum Gasteiger partial charge on any atom is 0.343 e. The number of benzene rings is 4. The molecule has 0 aromatic heterocycles. The maximum atomic E-state index is 12.9. The Morgan fingerprint density at radius 3 is 1.35 bits per heavy atom. The third-order valence-corrected chi connectivity index (χ3v) is 5.37. The first-order valence-electron chi connectivity index (χ1n) is 10.8. The molecule has 0 radical (unpaired) electrons. The first kappa shape index (κ1) is 25.2. The van der Waals surface area contributed by atoms with Crippen LogP contribution in [0.15, 0.2) is 97.1 Å². The summed E-state index contributed by atoms with van der Waals surface area (Å²) in [6.45, 7) is 0. The molecule has 0 amide bonds. The lowest BCUT2D eigenvalue weighted by atomic mass is 10.1. The standard InChI is InChI=1S/C28H17ClO8/c29-22-20(25(30)31)16-21(35-26(32)17-10-4-1-5-11-17)23(36-27(33)18-12-6-2-7-13-18)24(22)37-28(34)19-14-8-3-9-15-19/h1-16H,(H,30,31). The van der Waals surface area contributed by atoms with Crippen LogP contribution in [0.3, 0.4) is 0 Å². The molecular weight excluding hydrogens is 500 g/mol. The van der Waals surface area contributed by atoms with Crippen LogP contribution < -0.4 is 14.2 Å². The molecule has 0 aliphatic carbocycles. The van der Waals surface area contributed by atoms with Crippen LogP contribution in [0.1, 0.15) is 41.4 Å². The smallest absolute Gasteiger partial charge is 0.343 e. The highest BCUT2D eigenvalue weighted by molar-refractivity contribution is 6.35. The van der Waals surface area contributed by atoms with E-state index in [4.69, 9.17) is 25.8 Å². The molecule has 0 saturated carbocycles. The van der Waals surface area contributed by atoms with E-state index in [1.165, 1.54) is 36.4 Å². The van der Waals surface area contributed by atoms with Crippen LogP contribution in [-0.2, 0) is 0 Å². The highest BCUT2D eigenvalue weighted by Gasteiger charge is 2.29. The van der Waals surface area contributed by atoms with E-state index in [9.17, 15) is 24.3 Å². The summed E-state index contributed by atoms with van der Waals surface area (Å²) in [6.07, 6.45) is 0. The second kappa shape index (κ2) is 11.2. The van der Waals surface area contributed by atoms with Gasteiger partial charge in [0.1, 0.15) is 5.02 Å². The van der Waals surface area contributed by atoms with Crippen LogP contribution in [0.4, 0.5) is 0 Å². The summed E-state index contributed by atoms with van der Waals surface area (Å²) in [5.41, 5.74) is -0.172. The zero-order valence-corrected chi connectivity index (χ0v) is 19.7. The van der Waals surface area contributed by atoms with Crippen molar-refractivity contribution in [1.82, 2.24) is 0 Å². The number of halogens is 1. The van der Waals surface area contributed by atoms with Gasteiger partial charge in [-0.3, -0.25) is 0 Å². The summed E-state index contributed by atoms with van der Waals surface area (Å²) in [7, 11) is 0. The molecule has 8 nitrogen and oxygen atoms in total. The van der Waals surface area contributed by atoms with E-state index in [2.05, 4.69) is 0 Å². The predicted octanol–water partition coefficient (Wildman–Crippen LogP) is 5.70. The summed E-state index contributed by atoms with van der Waals surface area (Å²) in [4.78, 5) is 50.4. The van der Waals surface area contributed by atoms with Crippen LogP contribution >= 0.6 is 11.6 Å². The van der Waals surface area contributed by atoms with Crippen molar-refractivity contribution in [1.29, 1.82) is 0 Å². The zero-order valence-electron chi connectivity index (χ0n) is 18.9. The van der Waals surface area contributed by atoms with Gasteiger partial charge in [-0.2, -0.15) is 0 Å². The Morgan fingerprint density at radius 1 is 0.568 bits per heavy atom. The molecule has 0 spiro atoms. The third-order valence-electron chi connectivity index (χ3n) is 4.99. The molecule has 1 N–H and O–H groups in total. The van der Waals surface area contributed by atoms with E-state index >= 15 is 0 Å². The first-order chi connectivity index (χ1) is 17.8. The van der Waals surface area contributed by atoms with Crippen LogP contribution in [0, 0.1) is 0 Å². The van der Waals surface area contributed by atoms with Gasteiger partial charge in [-0.1, -0.05) is 66.2 Å². The molecule has 0 fully saturated rings. The minimum absolute atomic E-state index is 0.113. The largest absolute Gasteiger partial charge is 0.478 e. The van der Waals surface area contributed by atoms with Crippen molar-refractivity contribution in [3.05, 3.63) is 124 Å². The summed E-state index contributed by atoms with van der Waals surface area (Å²) >= 11 is 6.31. The number of carbonyl (C=O) groups is 4. The van der Waals surface area contributed by atoms with E-state index in [1.807, 2.05) is 0 Å². The maximum absolute atomic E-state index is 12.9. The van der Waals surface area contributed by atoms with E-state index in [0.29, 0.717) is 0 Å². The SMILES string of the molecule is O=C(Oc1cc(C(=O)O)c(Cl)c(OC(=O)c2ccccc2)c1OC(=O)c1ccccc1)c1ccccc1. The molecule has 0 aliphatic rings. The summed E-state index contributed by atoms with van der Waals surface area (Å²) in [6, 6.07) is 24.4. The van der Waals surface area contributed by atoms with Gasteiger partial charge in [0, 0.05) is 6.07 Å². The van der Waals surface area contributed by atoms with Gasteiger partial charge in [0.05, 0.1) is 22.3 Å². The van der Waals surface area contributed by atoms with Crippen molar-refractivity contribution < 1.29 is 38.5 Å². The normalized spacial score (nSPS) is 10.3. The van der Waals surface area contributed by atoms with Crippen molar-refractivity contribution in [2.75, 3.05) is 0 Å². The quantitative estimate of drug-likeness (QED) is 0.246. The predicted molar refractivity (Wildman–Crippen MR) is 133 cm³/mol. The van der Waals surface area contributed by atoms with Crippen LogP contribution in [-0.4, -0.2) is 29.0 Å². The Labute approximate surface area is 215 Å². The van der Waals surface area contributed by atoms with Crippen molar-refractivity contribution in [2.24, 2.45) is 0 Å². The molecule has 0 atom stereocenters. The fourth-order valence-electron chi connectivity index (χ4n) is 3.20. The fourth-order valence-corrected chi connectivity index (χ4v) is 3.46. The molecule has 0 bridgehead atoms. The number of esters is 3. The number of rotatable bonds is 7. The van der Waals surface area contributed by atoms with Gasteiger partial charge in [0.2, 0.25) is 5.75 Å². The third kappa shape index (κ3) is 5.83. The highest BCUT2D eigenvalue weighted by atomic mass is 35.5. The zero-order chi connectivity index (χ0) is 26.4. The van der Waals surface area contributed by atoms with E-state index < -0.39 is 51.7 Å². The van der Waals surface area contributed by atoms with E-state index in [-0.39, 0.29) is 16.7 Å². The Morgan fingerprint density at radius 2 is 0.946 bits per heavy atom. The van der Waals surface area contributed by atoms with Gasteiger partial charge >= 0.3 is 23.9 Å². The number of carboxylic acid groups (broad SMARTS) is 1. The number of hydrogen-bond acceptors (Lipinski definition) is 7. The number of carboxylic acids is 1. The van der Waals surface area contributed by atoms with Crippen molar-refractivity contribution in [2.45, 2.75) is 0 Å². The Kier molecular flexibility index (Phi) is 7.61. The number of hydrogen-bond donors (Lipinski definition) is 1. The average molecular weight is 517 g/mol. The van der Waals surface area contributed by atoms with Gasteiger partial charge in [-0.25, -0.2) is 19.2 Å². The average Bonchev–Trinajstić information content (AvgIpc) is 2.93. The van der Waals surface area contributed by atoms with Crippen molar-refractivity contribution >= 4 is 35.5 Å². The first-order valence-corrected chi connectivity index (χ1v) is 11.1. The molecule has 4 rings (SSSR count). The number of aromatic carboxylic acids is 1. The van der Waals surface area contributed by atoms with Crippen molar-refractivity contribution in [3.8, 4) is 17.2 Å². The molecule has 9 heteroatoms. The summed E-state index contributed by atoms with van der Waals surface area (Å²) in [5.74, 6) is -5.82. The van der Waals surface area contributed by atoms with Gasteiger partial charge < -0.3 is 19.3 Å². The van der Waals surface area contributed by atoms with Crippen molar-refractivity contribution in [3.63, 3.8) is 0 Å². The van der Waals surface area contributed by atoms with Gasteiger partial charge in [0.15, 0.2) is 11.5 Å². The highest BCUT2D eigenvalue weighted by Crippen LogP contribution is 2.46. The lowest BCUT2D eigenvalue weighted by Crippen LogP contribution is -2.17. The van der Waals surface area contributed by atoms with Crippen LogP contribution in [0.5, 0.6) is 17.2 Å². The molecule has 0 unspecified atom stereocenters. The Balaban J connectivity index is 1.84. The Hall–Kier alpha value is -4.95. The Bertz CT molecular complexity index is 1470. The lowest BCUT2D eigenvalue weighted by Gasteiger charge is -2.17. The van der Waals surface area contributed by atoms with Crippen LogP contribution in [0.25, 0.3) is 0 Å². The summed E-state index contributed by atoms with van der Waals surface area (Å²) in [5, 5.41) is 9.16. The molecule has 0 saturated heterocycles. The molecule has 184 valence electrons.